The van der Waals surface area contributed by atoms with Crippen LogP contribution in [0, 0.1) is 0 Å². The lowest BCUT2D eigenvalue weighted by Gasteiger charge is -2.14. The highest BCUT2D eigenvalue weighted by Gasteiger charge is 2.15. The van der Waals surface area contributed by atoms with E-state index in [-0.39, 0.29) is 12.3 Å². The van der Waals surface area contributed by atoms with Crippen molar-refractivity contribution in [2.45, 2.75) is 6.54 Å². The SMILES string of the molecule is O=C(Cn1c(=O)cnc2ccccc21)Nc1ccc(Cl)cc1NC(=O)c1ccco1. The Hall–Kier alpha value is -3.91. The number of para-hydroxylation sites is 2. The van der Waals surface area contributed by atoms with E-state index in [1.807, 2.05) is 0 Å². The second-order valence-electron chi connectivity index (χ2n) is 6.34. The number of nitrogens with one attached hydrogen (secondary N) is 2. The van der Waals surface area contributed by atoms with Gasteiger partial charge in [0, 0.05) is 5.02 Å². The number of amides is 2. The summed E-state index contributed by atoms with van der Waals surface area (Å²) in [5.41, 5.74) is 1.37. The molecule has 0 aliphatic carbocycles. The van der Waals surface area contributed by atoms with Crippen LogP contribution in [0.1, 0.15) is 10.6 Å². The number of nitrogens with zero attached hydrogens (tertiary/aromatic N) is 2. The largest absolute Gasteiger partial charge is 0.459 e. The van der Waals surface area contributed by atoms with Gasteiger partial charge < -0.3 is 15.1 Å². The smallest absolute Gasteiger partial charge is 0.291 e. The molecular weight excluding hydrogens is 408 g/mol. The van der Waals surface area contributed by atoms with E-state index in [0.29, 0.717) is 27.4 Å². The number of halogens is 1. The first-order valence-corrected chi connectivity index (χ1v) is 9.28. The predicted octanol–water partition coefficient (Wildman–Crippen LogP) is 3.53. The Bertz CT molecular complexity index is 1300. The topological polar surface area (TPSA) is 106 Å². The van der Waals surface area contributed by atoms with Gasteiger partial charge >= 0.3 is 0 Å². The fourth-order valence-electron chi connectivity index (χ4n) is 2.93. The van der Waals surface area contributed by atoms with Crippen molar-refractivity contribution in [1.82, 2.24) is 9.55 Å². The van der Waals surface area contributed by atoms with Crippen LogP contribution in [-0.4, -0.2) is 21.4 Å². The number of carbonyl (C=O) groups is 2. The summed E-state index contributed by atoms with van der Waals surface area (Å²) in [4.78, 5) is 41.3. The van der Waals surface area contributed by atoms with Gasteiger partial charge in [0.1, 0.15) is 6.54 Å². The molecule has 150 valence electrons. The number of rotatable bonds is 5. The van der Waals surface area contributed by atoms with E-state index >= 15 is 0 Å². The van der Waals surface area contributed by atoms with Crippen molar-refractivity contribution in [3.63, 3.8) is 0 Å². The standard InChI is InChI=1S/C21H15ClN4O4/c22-13-7-8-14(16(10-13)25-21(29)18-6-3-9-30-18)24-19(27)12-26-17-5-2-1-4-15(17)23-11-20(26)28/h1-11H,12H2,(H,24,27)(H,25,29). The van der Waals surface area contributed by atoms with Gasteiger partial charge in [-0.15, -0.1) is 0 Å². The van der Waals surface area contributed by atoms with Gasteiger partial charge in [-0.3, -0.25) is 19.0 Å². The van der Waals surface area contributed by atoms with Gasteiger partial charge in [0.25, 0.3) is 11.5 Å². The van der Waals surface area contributed by atoms with E-state index in [9.17, 15) is 14.4 Å². The summed E-state index contributed by atoms with van der Waals surface area (Å²) >= 11 is 6.04. The summed E-state index contributed by atoms with van der Waals surface area (Å²) in [6, 6.07) is 14.8. The second kappa shape index (κ2) is 8.22. The summed E-state index contributed by atoms with van der Waals surface area (Å²) in [5, 5.41) is 5.73. The van der Waals surface area contributed by atoms with Crippen LogP contribution in [-0.2, 0) is 11.3 Å². The van der Waals surface area contributed by atoms with Crippen LogP contribution in [0.5, 0.6) is 0 Å². The Labute approximate surface area is 175 Å². The van der Waals surface area contributed by atoms with Crippen molar-refractivity contribution in [1.29, 1.82) is 0 Å². The molecule has 0 saturated heterocycles. The molecule has 8 nitrogen and oxygen atoms in total. The van der Waals surface area contributed by atoms with E-state index < -0.39 is 17.4 Å². The average molecular weight is 423 g/mol. The number of carbonyl (C=O) groups excluding carboxylic acids is 2. The molecule has 0 fully saturated rings. The molecule has 0 bridgehead atoms. The molecule has 0 unspecified atom stereocenters. The molecule has 2 aromatic heterocycles. The molecular formula is C21H15ClN4O4. The summed E-state index contributed by atoms with van der Waals surface area (Å²) in [6.45, 7) is -0.226. The Morgan fingerprint density at radius 1 is 1.03 bits per heavy atom. The van der Waals surface area contributed by atoms with E-state index in [1.54, 1.807) is 42.5 Å². The fourth-order valence-corrected chi connectivity index (χ4v) is 3.10. The predicted molar refractivity (Wildman–Crippen MR) is 113 cm³/mol. The number of furan rings is 1. The van der Waals surface area contributed by atoms with Gasteiger partial charge in [-0.25, -0.2) is 4.98 Å². The van der Waals surface area contributed by atoms with E-state index in [0.717, 1.165) is 0 Å². The van der Waals surface area contributed by atoms with Crippen molar-refractivity contribution < 1.29 is 14.0 Å². The molecule has 0 atom stereocenters. The number of hydrogen-bond donors (Lipinski definition) is 2. The highest BCUT2D eigenvalue weighted by Crippen LogP contribution is 2.26. The van der Waals surface area contributed by atoms with Crippen LogP contribution in [0.4, 0.5) is 11.4 Å². The first kappa shape index (κ1) is 19.4. The van der Waals surface area contributed by atoms with Crippen molar-refractivity contribution in [3.05, 3.63) is 88.2 Å². The third-order valence-electron chi connectivity index (χ3n) is 4.30. The van der Waals surface area contributed by atoms with Crippen molar-refractivity contribution in [3.8, 4) is 0 Å². The first-order chi connectivity index (χ1) is 14.5. The van der Waals surface area contributed by atoms with E-state index in [2.05, 4.69) is 15.6 Å². The molecule has 0 aliphatic heterocycles. The minimum atomic E-state index is -0.492. The maximum absolute atomic E-state index is 12.7. The highest BCUT2D eigenvalue weighted by atomic mass is 35.5. The monoisotopic (exact) mass is 422 g/mol. The van der Waals surface area contributed by atoms with Crippen LogP contribution in [0.3, 0.4) is 0 Å². The summed E-state index contributed by atoms with van der Waals surface area (Å²) in [7, 11) is 0. The molecule has 0 aliphatic rings. The van der Waals surface area contributed by atoms with Gasteiger partial charge in [-0.05, 0) is 42.5 Å². The minimum Gasteiger partial charge on any atom is -0.459 e. The van der Waals surface area contributed by atoms with Crippen LogP contribution < -0.4 is 16.2 Å². The molecule has 0 saturated carbocycles. The van der Waals surface area contributed by atoms with Crippen LogP contribution >= 0.6 is 11.6 Å². The van der Waals surface area contributed by atoms with E-state index in [4.69, 9.17) is 16.0 Å². The number of aromatic nitrogens is 2. The molecule has 2 heterocycles. The van der Waals surface area contributed by atoms with Gasteiger partial charge in [0.2, 0.25) is 5.91 Å². The minimum absolute atomic E-state index is 0.113. The zero-order valence-corrected chi connectivity index (χ0v) is 16.2. The van der Waals surface area contributed by atoms with Crippen molar-refractivity contribution in [2.75, 3.05) is 10.6 Å². The lowest BCUT2D eigenvalue weighted by atomic mass is 10.2. The maximum Gasteiger partial charge on any atom is 0.291 e. The van der Waals surface area contributed by atoms with Gasteiger partial charge in [0.05, 0.1) is 34.9 Å². The zero-order chi connectivity index (χ0) is 21.1. The Morgan fingerprint density at radius 2 is 1.87 bits per heavy atom. The third-order valence-corrected chi connectivity index (χ3v) is 4.54. The molecule has 4 aromatic rings. The molecule has 2 aromatic carbocycles. The molecule has 4 rings (SSSR count). The molecule has 9 heteroatoms. The Kier molecular flexibility index (Phi) is 5.32. The highest BCUT2D eigenvalue weighted by molar-refractivity contribution is 6.31. The lowest BCUT2D eigenvalue weighted by Crippen LogP contribution is -2.28. The normalized spacial score (nSPS) is 10.7. The van der Waals surface area contributed by atoms with Crippen LogP contribution in [0.2, 0.25) is 5.02 Å². The molecule has 2 N–H and O–H groups in total. The van der Waals surface area contributed by atoms with Gasteiger partial charge in [-0.2, -0.15) is 0 Å². The summed E-state index contributed by atoms with van der Waals surface area (Å²) in [5.74, 6) is -0.833. The van der Waals surface area contributed by atoms with Gasteiger partial charge in [-0.1, -0.05) is 23.7 Å². The summed E-state index contributed by atoms with van der Waals surface area (Å²) in [6.07, 6.45) is 2.55. The molecule has 30 heavy (non-hydrogen) atoms. The number of anilines is 2. The van der Waals surface area contributed by atoms with Crippen molar-refractivity contribution >= 4 is 45.8 Å². The van der Waals surface area contributed by atoms with Crippen LogP contribution in [0.25, 0.3) is 11.0 Å². The summed E-state index contributed by atoms with van der Waals surface area (Å²) < 4.78 is 6.40. The lowest BCUT2D eigenvalue weighted by molar-refractivity contribution is -0.116. The molecule has 0 spiro atoms. The van der Waals surface area contributed by atoms with Crippen LogP contribution in [0.15, 0.2) is 76.3 Å². The second-order valence-corrected chi connectivity index (χ2v) is 6.78. The molecule has 0 radical (unpaired) electrons. The Morgan fingerprint density at radius 3 is 2.67 bits per heavy atom. The Balaban J connectivity index is 1.58. The van der Waals surface area contributed by atoms with E-state index in [1.165, 1.54) is 29.2 Å². The molecule has 2 amide bonds. The fraction of sp³-hybridized carbons (Fsp3) is 0.0476. The number of fused-ring (bicyclic) bond motifs is 1. The average Bonchev–Trinajstić information content (AvgIpc) is 3.27. The third kappa shape index (κ3) is 4.08. The first-order valence-electron chi connectivity index (χ1n) is 8.90. The number of hydrogen-bond acceptors (Lipinski definition) is 5. The maximum atomic E-state index is 12.7. The quantitative estimate of drug-likeness (QED) is 0.511. The zero-order valence-electron chi connectivity index (χ0n) is 15.5. The van der Waals surface area contributed by atoms with Crippen molar-refractivity contribution in [2.24, 2.45) is 0 Å². The number of benzene rings is 2. The van der Waals surface area contributed by atoms with Gasteiger partial charge in [0.15, 0.2) is 5.76 Å².